The zero-order chi connectivity index (χ0) is 16.9. The molecule has 3 rings (SSSR count). The van der Waals surface area contributed by atoms with Crippen LogP contribution in [-0.2, 0) is 6.54 Å². The normalized spacial score (nSPS) is 11.9. The largest absolute Gasteiger partial charge is 0.464 e. The molecule has 1 atom stereocenters. The molecule has 2 amide bonds. The summed E-state index contributed by atoms with van der Waals surface area (Å²) in [5, 5.41) is 9.86. The topological polar surface area (TPSA) is 85.0 Å². The molecule has 0 aliphatic carbocycles. The number of aromatic nitrogens is 3. The fourth-order valence-corrected chi connectivity index (χ4v) is 2.32. The number of amides is 2. The molecule has 0 aromatic carbocycles. The van der Waals surface area contributed by atoms with Gasteiger partial charge in [0.25, 0.3) is 0 Å². The zero-order valence-corrected chi connectivity index (χ0v) is 13.6. The van der Waals surface area contributed by atoms with Gasteiger partial charge in [0.05, 0.1) is 24.5 Å². The molecule has 0 saturated carbocycles. The van der Waals surface area contributed by atoms with Gasteiger partial charge < -0.3 is 9.73 Å². The molecule has 0 saturated heterocycles. The maximum absolute atomic E-state index is 12.2. The molecule has 3 heterocycles. The molecule has 0 fully saturated rings. The Morgan fingerprint density at radius 1 is 1.25 bits per heavy atom. The molecular formula is C17H19N5O2. The Morgan fingerprint density at radius 3 is 2.83 bits per heavy atom. The van der Waals surface area contributed by atoms with Crippen LogP contribution in [0, 0.1) is 6.92 Å². The summed E-state index contributed by atoms with van der Waals surface area (Å²) in [6.45, 7) is 4.21. The van der Waals surface area contributed by atoms with Crippen molar-refractivity contribution in [3.8, 4) is 0 Å². The van der Waals surface area contributed by atoms with E-state index in [0.717, 1.165) is 11.5 Å². The van der Waals surface area contributed by atoms with Crippen molar-refractivity contribution in [2.75, 3.05) is 5.32 Å². The lowest BCUT2D eigenvalue weighted by Crippen LogP contribution is -2.31. The number of hydrogen-bond donors (Lipinski definition) is 2. The third-order valence-electron chi connectivity index (χ3n) is 3.53. The second-order valence-electron chi connectivity index (χ2n) is 5.46. The van der Waals surface area contributed by atoms with E-state index >= 15 is 0 Å². The second kappa shape index (κ2) is 6.99. The molecule has 24 heavy (non-hydrogen) atoms. The van der Waals surface area contributed by atoms with Crippen LogP contribution in [0.4, 0.5) is 10.6 Å². The van der Waals surface area contributed by atoms with Crippen LogP contribution < -0.4 is 10.6 Å². The van der Waals surface area contributed by atoms with E-state index in [9.17, 15) is 4.79 Å². The van der Waals surface area contributed by atoms with E-state index in [0.29, 0.717) is 18.1 Å². The van der Waals surface area contributed by atoms with Gasteiger partial charge in [0.2, 0.25) is 0 Å². The van der Waals surface area contributed by atoms with Crippen molar-refractivity contribution in [1.29, 1.82) is 0 Å². The molecule has 124 valence electrons. The van der Waals surface area contributed by atoms with E-state index < -0.39 is 0 Å². The Balaban J connectivity index is 1.62. The molecule has 7 nitrogen and oxygen atoms in total. The van der Waals surface area contributed by atoms with E-state index in [-0.39, 0.29) is 12.1 Å². The lowest BCUT2D eigenvalue weighted by atomic mass is 10.2. The number of rotatable bonds is 5. The second-order valence-corrected chi connectivity index (χ2v) is 5.46. The Morgan fingerprint density at radius 2 is 2.12 bits per heavy atom. The van der Waals surface area contributed by atoms with Crippen molar-refractivity contribution in [3.63, 3.8) is 0 Å². The molecule has 3 aromatic rings. The molecule has 0 bridgehead atoms. The third-order valence-corrected chi connectivity index (χ3v) is 3.53. The van der Waals surface area contributed by atoms with Crippen molar-refractivity contribution in [3.05, 3.63) is 66.0 Å². The highest BCUT2D eigenvalue weighted by molar-refractivity contribution is 5.88. The number of pyridine rings is 1. The van der Waals surface area contributed by atoms with Crippen LogP contribution in [0.2, 0.25) is 0 Å². The minimum Gasteiger partial charge on any atom is -0.464 e. The van der Waals surface area contributed by atoms with Gasteiger partial charge >= 0.3 is 6.03 Å². The first-order valence-corrected chi connectivity index (χ1v) is 7.67. The lowest BCUT2D eigenvalue weighted by molar-refractivity contribution is 0.247. The van der Waals surface area contributed by atoms with Gasteiger partial charge in [-0.15, -0.1) is 0 Å². The van der Waals surface area contributed by atoms with Crippen molar-refractivity contribution >= 4 is 11.8 Å². The van der Waals surface area contributed by atoms with Crippen LogP contribution in [0.3, 0.4) is 0 Å². The lowest BCUT2D eigenvalue weighted by Gasteiger charge is -2.13. The Bertz CT molecular complexity index is 809. The van der Waals surface area contributed by atoms with Crippen LogP contribution in [-0.4, -0.2) is 20.8 Å². The number of anilines is 1. The Hall–Kier alpha value is -3.09. The monoisotopic (exact) mass is 325 g/mol. The highest BCUT2D eigenvalue weighted by Gasteiger charge is 2.14. The molecule has 1 unspecified atom stereocenters. The number of urea groups is 1. The van der Waals surface area contributed by atoms with Gasteiger partial charge in [0.15, 0.2) is 0 Å². The first kappa shape index (κ1) is 15.8. The van der Waals surface area contributed by atoms with Gasteiger partial charge in [0, 0.05) is 12.3 Å². The van der Waals surface area contributed by atoms with Gasteiger partial charge in [-0.3, -0.25) is 10.3 Å². The number of furan rings is 1. The molecule has 0 radical (unpaired) electrons. The Labute approximate surface area is 139 Å². The number of carbonyl (C=O) groups excluding carboxylic acids is 1. The van der Waals surface area contributed by atoms with E-state index in [1.807, 2.05) is 44.2 Å². The molecular weight excluding hydrogens is 306 g/mol. The predicted molar refractivity (Wildman–Crippen MR) is 89.6 cm³/mol. The van der Waals surface area contributed by atoms with Crippen LogP contribution in [0.25, 0.3) is 0 Å². The van der Waals surface area contributed by atoms with Gasteiger partial charge in [0.1, 0.15) is 17.3 Å². The van der Waals surface area contributed by atoms with Gasteiger partial charge in [-0.05, 0) is 38.1 Å². The summed E-state index contributed by atoms with van der Waals surface area (Å²) in [6.07, 6.45) is 3.36. The number of hydrogen-bond acceptors (Lipinski definition) is 4. The van der Waals surface area contributed by atoms with Crippen LogP contribution in [0.5, 0.6) is 0 Å². The van der Waals surface area contributed by atoms with E-state index in [4.69, 9.17) is 4.42 Å². The van der Waals surface area contributed by atoms with E-state index in [2.05, 4.69) is 20.7 Å². The molecule has 0 spiro atoms. The summed E-state index contributed by atoms with van der Waals surface area (Å²) in [6, 6.07) is 10.6. The minimum absolute atomic E-state index is 0.231. The fourth-order valence-electron chi connectivity index (χ4n) is 2.32. The molecule has 0 aliphatic heterocycles. The van der Waals surface area contributed by atoms with Crippen molar-refractivity contribution in [2.45, 2.75) is 26.4 Å². The summed E-state index contributed by atoms with van der Waals surface area (Å²) < 4.78 is 7.20. The summed E-state index contributed by atoms with van der Waals surface area (Å²) in [5.74, 6) is 2.12. The fraction of sp³-hybridized carbons (Fsp3) is 0.235. The number of aryl methyl sites for hydroxylation is 1. The number of nitrogens with zero attached hydrogens (tertiary/aromatic N) is 3. The van der Waals surface area contributed by atoms with Gasteiger partial charge in [-0.25, -0.2) is 9.48 Å². The SMILES string of the molecule is Cc1ccc(C(C)NC(=O)Nc2ccnn2Cc2ccccn2)o1. The minimum atomic E-state index is -0.320. The standard InChI is InChI=1S/C17H19N5O2/c1-12-6-7-15(24-12)13(2)20-17(23)21-16-8-10-19-22(16)11-14-5-3-4-9-18-14/h3-10,13H,11H2,1-2H3,(H2,20,21,23). The van der Waals surface area contributed by atoms with Crippen LogP contribution in [0.15, 0.2) is 53.2 Å². The van der Waals surface area contributed by atoms with E-state index in [1.54, 1.807) is 23.1 Å². The molecule has 3 aromatic heterocycles. The summed E-state index contributed by atoms with van der Waals surface area (Å²) in [7, 11) is 0. The maximum atomic E-state index is 12.2. The third kappa shape index (κ3) is 3.81. The van der Waals surface area contributed by atoms with Crippen LogP contribution >= 0.6 is 0 Å². The van der Waals surface area contributed by atoms with Crippen molar-refractivity contribution in [1.82, 2.24) is 20.1 Å². The Kier molecular flexibility index (Phi) is 4.60. The smallest absolute Gasteiger partial charge is 0.320 e. The molecule has 7 heteroatoms. The predicted octanol–water partition coefficient (Wildman–Crippen LogP) is 3.11. The van der Waals surface area contributed by atoms with E-state index in [1.165, 1.54) is 0 Å². The highest BCUT2D eigenvalue weighted by atomic mass is 16.3. The van der Waals surface area contributed by atoms with Crippen molar-refractivity contribution in [2.24, 2.45) is 0 Å². The molecule has 2 N–H and O–H groups in total. The first-order valence-electron chi connectivity index (χ1n) is 7.67. The average molecular weight is 325 g/mol. The summed E-state index contributed by atoms with van der Waals surface area (Å²) in [4.78, 5) is 16.4. The van der Waals surface area contributed by atoms with Gasteiger partial charge in [-0.1, -0.05) is 6.07 Å². The van der Waals surface area contributed by atoms with Crippen LogP contribution in [0.1, 0.15) is 30.2 Å². The number of carbonyl (C=O) groups is 1. The zero-order valence-electron chi connectivity index (χ0n) is 13.6. The molecule has 0 aliphatic rings. The number of nitrogens with one attached hydrogen (secondary N) is 2. The summed E-state index contributed by atoms with van der Waals surface area (Å²) in [5.41, 5.74) is 0.865. The van der Waals surface area contributed by atoms with Crippen molar-refractivity contribution < 1.29 is 9.21 Å². The average Bonchev–Trinajstić information content (AvgIpc) is 3.18. The highest BCUT2D eigenvalue weighted by Crippen LogP contribution is 2.16. The maximum Gasteiger partial charge on any atom is 0.320 e. The quantitative estimate of drug-likeness (QED) is 0.755. The summed E-state index contributed by atoms with van der Waals surface area (Å²) >= 11 is 0. The first-order chi connectivity index (χ1) is 11.6. The van der Waals surface area contributed by atoms with Gasteiger partial charge in [-0.2, -0.15) is 5.10 Å².